The van der Waals surface area contributed by atoms with Crippen molar-refractivity contribution in [2.75, 3.05) is 11.9 Å². The molecule has 0 aromatic heterocycles. The first kappa shape index (κ1) is 21.8. The number of rotatable bonds is 8. The molecule has 0 saturated carbocycles. The zero-order valence-corrected chi connectivity index (χ0v) is 15.7. The number of nitrogens with one attached hydrogen (secondary N) is 1. The number of anilines is 1. The summed E-state index contributed by atoms with van der Waals surface area (Å²) in [6, 6.07) is 8.40. The number of hydrogen-bond donors (Lipinski definition) is 1. The highest BCUT2D eigenvalue weighted by molar-refractivity contribution is 8.00. The van der Waals surface area contributed by atoms with Crippen LogP contribution >= 0.6 is 11.8 Å². The predicted octanol–water partition coefficient (Wildman–Crippen LogP) is 3.30. The molecule has 0 aliphatic carbocycles. The first-order chi connectivity index (χ1) is 13.7. The summed E-state index contributed by atoms with van der Waals surface area (Å²) in [7, 11) is 0. The Hall–Kier alpha value is -3.54. The predicted molar refractivity (Wildman–Crippen MR) is 101 cm³/mol. The Kier molecular flexibility index (Phi) is 7.20. The van der Waals surface area contributed by atoms with Gasteiger partial charge in [0.25, 0.3) is 11.6 Å². The molecule has 2 rings (SSSR count). The lowest BCUT2D eigenvalue weighted by Crippen LogP contribution is -2.24. The lowest BCUT2D eigenvalue weighted by Gasteiger charge is -2.11. The van der Waals surface area contributed by atoms with Gasteiger partial charge in [0.05, 0.1) is 9.85 Å². The average Bonchev–Trinajstić information content (AvgIpc) is 2.67. The standard InChI is InChI=1S/C17H14FN3O7S/c1-10(29-13-5-3-12(4-6-13)20(24)25)17(23)28-9-16(22)19-11-2-7-14(18)15(8-11)21(26)27/h2-8,10H,9H2,1H3,(H,19,22). The van der Waals surface area contributed by atoms with Crippen molar-refractivity contribution in [3.8, 4) is 0 Å². The van der Waals surface area contributed by atoms with Crippen molar-refractivity contribution >= 4 is 40.7 Å². The fourth-order valence-corrected chi connectivity index (χ4v) is 2.95. The first-order valence-electron chi connectivity index (χ1n) is 7.99. The van der Waals surface area contributed by atoms with Crippen LogP contribution in [0.5, 0.6) is 0 Å². The lowest BCUT2D eigenvalue weighted by molar-refractivity contribution is -0.387. The number of nitro benzene ring substituents is 2. The fourth-order valence-electron chi connectivity index (χ4n) is 2.08. The van der Waals surface area contributed by atoms with Gasteiger partial charge in [-0.3, -0.25) is 29.8 Å². The topological polar surface area (TPSA) is 142 Å². The minimum Gasteiger partial charge on any atom is -0.455 e. The molecule has 1 amide bonds. The summed E-state index contributed by atoms with van der Waals surface area (Å²) in [5, 5.41) is 22.9. The molecule has 0 radical (unpaired) electrons. The molecule has 0 fully saturated rings. The number of ether oxygens (including phenoxy) is 1. The number of hydrogen-bond acceptors (Lipinski definition) is 8. The number of esters is 1. The van der Waals surface area contributed by atoms with Crippen molar-refractivity contribution in [1.82, 2.24) is 0 Å². The minimum absolute atomic E-state index is 0.0209. The molecule has 1 atom stereocenters. The molecule has 2 aromatic carbocycles. The third-order valence-corrected chi connectivity index (χ3v) is 4.55. The van der Waals surface area contributed by atoms with Crippen LogP contribution in [0.4, 0.5) is 21.5 Å². The Morgan fingerprint density at radius 3 is 2.38 bits per heavy atom. The van der Waals surface area contributed by atoms with Crippen LogP contribution in [0.1, 0.15) is 6.92 Å². The summed E-state index contributed by atoms with van der Waals surface area (Å²) < 4.78 is 18.2. The second kappa shape index (κ2) is 9.59. The zero-order chi connectivity index (χ0) is 21.6. The summed E-state index contributed by atoms with van der Waals surface area (Å²) in [5.74, 6) is -2.50. The number of carbonyl (C=O) groups excluding carboxylic acids is 2. The van der Waals surface area contributed by atoms with Gasteiger partial charge in [-0.15, -0.1) is 11.8 Å². The number of halogens is 1. The van der Waals surface area contributed by atoms with E-state index >= 15 is 0 Å². The van der Waals surface area contributed by atoms with E-state index in [4.69, 9.17) is 4.74 Å². The number of nitrogens with zero attached hydrogens (tertiary/aromatic N) is 2. The fraction of sp³-hybridized carbons (Fsp3) is 0.176. The molecule has 0 aliphatic rings. The second-order valence-corrected chi connectivity index (χ2v) is 7.00. The Labute approximate surface area is 167 Å². The van der Waals surface area contributed by atoms with Gasteiger partial charge >= 0.3 is 11.7 Å². The maximum absolute atomic E-state index is 13.3. The number of benzene rings is 2. The van der Waals surface area contributed by atoms with Gasteiger partial charge in [-0.05, 0) is 31.2 Å². The molecule has 0 aliphatic heterocycles. The van der Waals surface area contributed by atoms with Gasteiger partial charge in [0, 0.05) is 28.8 Å². The van der Waals surface area contributed by atoms with E-state index < -0.39 is 45.1 Å². The Bertz CT molecular complexity index is 953. The van der Waals surface area contributed by atoms with Crippen LogP contribution in [-0.2, 0) is 14.3 Å². The third kappa shape index (κ3) is 6.24. The molecule has 1 unspecified atom stereocenters. The van der Waals surface area contributed by atoms with E-state index in [1.807, 2.05) is 0 Å². The number of thioether (sulfide) groups is 1. The molecule has 1 N–H and O–H groups in total. The van der Waals surface area contributed by atoms with Crippen LogP contribution in [0.2, 0.25) is 0 Å². The van der Waals surface area contributed by atoms with E-state index in [0.717, 1.165) is 30.0 Å². The molecule has 2 aromatic rings. The molecule has 29 heavy (non-hydrogen) atoms. The molecular formula is C17H14FN3O7S. The van der Waals surface area contributed by atoms with Crippen molar-refractivity contribution in [1.29, 1.82) is 0 Å². The number of amides is 1. The van der Waals surface area contributed by atoms with E-state index in [1.165, 1.54) is 31.2 Å². The molecule has 0 saturated heterocycles. The summed E-state index contributed by atoms with van der Waals surface area (Å²) in [6.45, 7) is 0.894. The largest absolute Gasteiger partial charge is 0.455 e. The molecular weight excluding hydrogens is 409 g/mol. The average molecular weight is 423 g/mol. The first-order valence-corrected chi connectivity index (χ1v) is 8.87. The normalized spacial score (nSPS) is 11.4. The lowest BCUT2D eigenvalue weighted by atomic mass is 10.2. The SMILES string of the molecule is CC(Sc1ccc([N+](=O)[O-])cc1)C(=O)OCC(=O)Nc1ccc(F)c([N+](=O)[O-])c1. The quantitative estimate of drug-likeness (QED) is 0.295. The summed E-state index contributed by atoms with van der Waals surface area (Å²) in [6.07, 6.45) is 0. The van der Waals surface area contributed by atoms with Gasteiger partial charge in [0.1, 0.15) is 5.25 Å². The van der Waals surface area contributed by atoms with E-state index in [0.29, 0.717) is 4.90 Å². The minimum atomic E-state index is -1.04. The van der Waals surface area contributed by atoms with Crippen LogP contribution in [0.15, 0.2) is 47.4 Å². The Morgan fingerprint density at radius 1 is 1.14 bits per heavy atom. The molecule has 0 heterocycles. The third-order valence-electron chi connectivity index (χ3n) is 3.46. The molecule has 152 valence electrons. The highest BCUT2D eigenvalue weighted by Gasteiger charge is 2.19. The molecule has 12 heteroatoms. The van der Waals surface area contributed by atoms with Crippen LogP contribution in [0.3, 0.4) is 0 Å². The van der Waals surface area contributed by atoms with Crippen molar-refractivity contribution in [2.24, 2.45) is 0 Å². The maximum Gasteiger partial charge on any atom is 0.319 e. The smallest absolute Gasteiger partial charge is 0.319 e. The number of non-ortho nitro benzene ring substituents is 1. The van der Waals surface area contributed by atoms with Crippen LogP contribution in [-0.4, -0.2) is 33.6 Å². The summed E-state index contributed by atoms with van der Waals surface area (Å²) in [4.78, 5) is 44.3. The van der Waals surface area contributed by atoms with E-state index in [2.05, 4.69) is 5.32 Å². The highest BCUT2D eigenvalue weighted by atomic mass is 32.2. The molecule has 0 bridgehead atoms. The van der Waals surface area contributed by atoms with Crippen molar-refractivity contribution < 1.29 is 28.6 Å². The van der Waals surface area contributed by atoms with Gasteiger partial charge in [0.15, 0.2) is 6.61 Å². The Morgan fingerprint density at radius 2 is 1.79 bits per heavy atom. The van der Waals surface area contributed by atoms with E-state index in [9.17, 15) is 34.2 Å². The number of nitro groups is 2. The zero-order valence-electron chi connectivity index (χ0n) is 14.9. The van der Waals surface area contributed by atoms with Gasteiger partial charge in [0.2, 0.25) is 5.82 Å². The van der Waals surface area contributed by atoms with E-state index in [-0.39, 0.29) is 11.4 Å². The van der Waals surface area contributed by atoms with E-state index in [1.54, 1.807) is 0 Å². The summed E-state index contributed by atoms with van der Waals surface area (Å²) >= 11 is 1.09. The van der Waals surface area contributed by atoms with Gasteiger partial charge in [-0.25, -0.2) is 0 Å². The van der Waals surface area contributed by atoms with Gasteiger partial charge < -0.3 is 10.1 Å². The van der Waals surface area contributed by atoms with Crippen molar-refractivity contribution in [3.05, 3.63) is 68.5 Å². The van der Waals surface area contributed by atoms with Crippen LogP contribution in [0, 0.1) is 26.0 Å². The summed E-state index contributed by atoms with van der Waals surface area (Å²) in [5.41, 5.74) is -0.900. The van der Waals surface area contributed by atoms with Gasteiger partial charge in [-0.1, -0.05) is 0 Å². The van der Waals surface area contributed by atoms with Crippen LogP contribution in [0.25, 0.3) is 0 Å². The number of carbonyl (C=O) groups is 2. The highest BCUT2D eigenvalue weighted by Crippen LogP contribution is 2.26. The second-order valence-electron chi connectivity index (χ2n) is 5.59. The molecule has 0 spiro atoms. The monoisotopic (exact) mass is 423 g/mol. The van der Waals surface area contributed by atoms with Crippen molar-refractivity contribution in [3.63, 3.8) is 0 Å². The van der Waals surface area contributed by atoms with Crippen LogP contribution < -0.4 is 5.32 Å². The maximum atomic E-state index is 13.3. The van der Waals surface area contributed by atoms with Crippen molar-refractivity contribution in [2.45, 2.75) is 17.1 Å². The Balaban J connectivity index is 1.86. The van der Waals surface area contributed by atoms with Gasteiger partial charge in [-0.2, -0.15) is 4.39 Å². The molecule has 10 nitrogen and oxygen atoms in total.